The van der Waals surface area contributed by atoms with Gasteiger partial charge in [0.2, 0.25) is 0 Å². The molecule has 0 saturated heterocycles. The third kappa shape index (κ3) is 3.84. The van der Waals surface area contributed by atoms with Crippen LogP contribution >= 0.6 is 11.6 Å². The summed E-state index contributed by atoms with van der Waals surface area (Å²) < 4.78 is 0. The number of hydrogen-bond donors (Lipinski definition) is 1. The van der Waals surface area contributed by atoms with Gasteiger partial charge in [0.1, 0.15) is 0 Å². The van der Waals surface area contributed by atoms with E-state index in [4.69, 9.17) is 11.6 Å². The molecule has 1 N–H and O–H groups in total. The molecule has 88 valence electrons. The van der Waals surface area contributed by atoms with E-state index in [-0.39, 0.29) is 5.38 Å². The molecule has 3 heteroatoms. The third-order valence-corrected chi connectivity index (χ3v) is 2.94. The zero-order chi connectivity index (χ0) is 11.9. The molecule has 17 heavy (non-hydrogen) atoms. The Morgan fingerprint density at radius 2 is 1.94 bits per heavy atom. The first-order chi connectivity index (χ1) is 8.36. The molecule has 0 aliphatic rings. The van der Waals surface area contributed by atoms with Crippen LogP contribution < -0.4 is 5.32 Å². The zero-order valence-corrected chi connectivity index (χ0v) is 10.3. The number of halogens is 1. The Balaban J connectivity index is 1.79. The van der Waals surface area contributed by atoms with Crippen LogP contribution in [0.1, 0.15) is 16.5 Å². The van der Waals surface area contributed by atoms with E-state index in [2.05, 4.69) is 10.3 Å². The van der Waals surface area contributed by atoms with Crippen molar-refractivity contribution in [3.05, 3.63) is 66.0 Å². The Bertz CT molecular complexity index is 430. The lowest BCUT2D eigenvalue weighted by molar-refractivity contribution is 0.673. The number of nitrogens with zero attached hydrogens (tertiary/aromatic N) is 1. The first-order valence-corrected chi connectivity index (χ1v) is 6.08. The van der Waals surface area contributed by atoms with E-state index in [0.717, 1.165) is 18.7 Å². The Morgan fingerprint density at radius 3 is 2.65 bits per heavy atom. The average molecular weight is 247 g/mol. The van der Waals surface area contributed by atoms with E-state index in [1.807, 2.05) is 48.7 Å². The highest BCUT2D eigenvalue weighted by Crippen LogP contribution is 2.18. The van der Waals surface area contributed by atoms with E-state index < -0.39 is 0 Å². The van der Waals surface area contributed by atoms with Crippen LogP contribution in [-0.2, 0) is 6.54 Å². The van der Waals surface area contributed by atoms with Crippen molar-refractivity contribution in [2.24, 2.45) is 0 Å². The Hall–Kier alpha value is -1.38. The summed E-state index contributed by atoms with van der Waals surface area (Å²) in [5, 5.41) is 3.34. The number of benzene rings is 1. The van der Waals surface area contributed by atoms with Crippen molar-refractivity contribution in [2.45, 2.75) is 11.9 Å². The number of aromatic nitrogens is 1. The van der Waals surface area contributed by atoms with Gasteiger partial charge in [-0.25, -0.2) is 0 Å². The molecule has 0 radical (unpaired) electrons. The monoisotopic (exact) mass is 246 g/mol. The number of hydrogen-bond acceptors (Lipinski definition) is 2. The van der Waals surface area contributed by atoms with Crippen LogP contribution in [0.5, 0.6) is 0 Å². The van der Waals surface area contributed by atoms with Crippen molar-refractivity contribution in [1.82, 2.24) is 10.3 Å². The molecule has 1 unspecified atom stereocenters. The molecule has 0 fully saturated rings. The van der Waals surface area contributed by atoms with E-state index >= 15 is 0 Å². The molecule has 1 aromatic carbocycles. The average Bonchev–Trinajstić information content (AvgIpc) is 2.41. The van der Waals surface area contributed by atoms with Gasteiger partial charge in [-0.15, -0.1) is 11.6 Å². The van der Waals surface area contributed by atoms with Crippen molar-refractivity contribution in [3.8, 4) is 0 Å². The van der Waals surface area contributed by atoms with Crippen LogP contribution in [0, 0.1) is 0 Å². The van der Waals surface area contributed by atoms with Gasteiger partial charge in [-0.05, 0) is 17.2 Å². The molecule has 0 aliphatic carbocycles. The van der Waals surface area contributed by atoms with Gasteiger partial charge in [0.05, 0.1) is 5.38 Å². The van der Waals surface area contributed by atoms with E-state index in [1.54, 1.807) is 6.20 Å². The summed E-state index contributed by atoms with van der Waals surface area (Å²) in [6.07, 6.45) is 3.64. The summed E-state index contributed by atoms with van der Waals surface area (Å²) in [7, 11) is 0. The molecule has 0 aliphatic heterocycles. The van der Waals surface area contributed by atoms with Gasteiger partial charge in [-0.1, -0.05) is 36.4 Å². The van der Waals surface area contributed by atoms with Gasteiger partial charge in [0.25, 0.3) is 0 Å². The zero-order valence-electron chi connectivity index (χ0n) is 9.51. The fourth-order valence-corrected chi connectivity index (χ4v) is 1.88. The van der Waals surface area contributed by atoms with Gasteiger partial charge < -0.3 is 5.32 Å². The quantitative estimate of drug-likeness (QED) is 0.820. The summed E-state index contributed by atoms with van der Waals surface area (Å²) in [6.45, 7) is 1.55. The maximum absolute atomic E-state index is 6.29. The molecule has 2 rings (SSSR count). The van der Waals surface area contributed by atoms with Crippen molar-refractivity contribution in [3.63, 3.8) is 0 Å². The topological polar surface area (TPSA) is 24.9 Å². The molecule has 0 saturated carbocycles. The molecular formula is C14H15ClN2. The highest BCUT2D eigenvalue weighted by molar-refractivity contribution is 6.21. The number of rotatable bonds is 5. The fourth-order valence-electron chi connectivity index (χ4n) is 1.63. The maximum Gasteiger partial charge on any atom is 0.0709 e. The molecular weight excluding hydrogens is 232 g/mol. The Morgan fingerprint density at radius 1 is 1.12 bits per heavy atom. The summed E-state index contributed by atoms with van der Waals surface area (Å²) in [5.41, 5.74) is 2.32. The Labute approximate surface area is 107 Å². The van der Waals surface area contributed by atoms with Gasteiger partial charge in [0.15, 0.2) is 0 Å². The Kier molecular flexibility index (Phi) is 4.54. The van der Waals surface area contributed by atoms with Crippen molar-refractivity contribution < 1.29 is 0 Å². The second-order valence-electron chi connectivity index (χ2n) is 3.87. The smallest absolute Gasteiger partial charge is 0.0709 e. The van der Waals surface area contributed by atoms with Crippen molar-refractivity contribution in [1.29, 1.82) is 0 Å². The second-order valence-corrected chi connectivity index (χ2v) is 4.40. The maximum atomic E-state index is 6.29. The fraction of sp³-hybridized carbons (Fsp3) is 0.214. The van der Waals surface area contributed by atoms with Gasteiger partial charge >= 0.3 is 0 Å². The van der Waals surface area contributed by atoms with Crippen LogP contribution in [0.4, 0.5) is 0 Å². The van der Waals surface area contributed by atoms with Crippen molar-refractivity contribution in [2.75, 3.05) is 6.54 Å². The lowest BCUT2D eigenvalue weighted by Gasteiger charge is -2.10. The predicted molar refractivity (Wildman–Crippen MR) is 71.0 cm³/mol. The summed E-state index contributed by atoms with van der Waals surface area (Å²) in [6, 6.07) is 14.1. The minimum absolute atomic E-state index is 0.00729. The van der Waals surface area contributed by atoms with Crippen LogP contribution in [-0.4, -0.2) is 11.5 Å². The summed E-state index contributed by atoms with van der Waals surface area (Å²) in [5.74, 6) is 0. The van der Waals surface area contributed by atoms with Crippen LogP contribution in [0.15, 0.2) is 54.9 Å². The lowest BCUT2D eigenvalue weighted by Crippen LogP contribution is -2.18. The van der Waals surface area contributed by atoms with Crippen LogP contribution in [0.25, 0.3) is 0 Å². The second kappa shape index (κ2) is 6.38. The first kappa shape index (κ1) is 12.1. The molecule has 2 nitrogen and oxygen atoms in total. The van der Waals surface area contributed by atoms with Gasteiger partial charge in [-0.3, -0.25) is 4.98 Å². The number of nitrogens with one attached hydrogen (secondary N) is 1. The molecule has 0 amide bonds. The molecule has 1 aromatic heterocycles. The predicted octanol–water partition coefficient (Wildman–Crippen LogP) is 3.15. The van der Waals surface area contributed by atoms with Crippen LogP contribution in [0.2, 0.25) is 0 Å². The minimum Gasteiger partial charge on any atom is -0.311 e. The van der Waals surface area contributed by atoms with E-state index in [0.29, 0.717) is 0 Å². The van der Waals surface area contributed by atoms with Gasteiger partial charge in [-0.2, -0.15) is 0 Å². The standard InChI is InChI=1S/C14H15ClN2/c15-14(13-6-2-1-3-7-13)11-17-10-12-5-4-8-16-9-12/h1-9,14,17H,10-11H2. The SMILES string of the molecule is ClC(CNCc1cccnc1)c1ccccc1. The molecule has 1 heterocycles. The normalized spacial score (nSPS) is 12.3. The molecule has 2 aromatic rings. The largest absolute Gasteiger partial charge is 0.311 e. The molecule has 1 atom stereocenters. The lowest BCUT2D eigenvalue weighted by atomic mass is 10.1. The highest BCUT2D eigenvalue weighted by Gasteiger charge is 2.05. The van der Waals surface area contributed by atoms with Gasteiger partial charge in [0, 0.05) is 25.5 Å². The van der Waals surface area contributed by atoms with Crippen molar-refractivity contribution >= 4 is 11.6 Å². The first-order valence-electron chi connectivity index (χ1n) is 5.65. The van der Waals surface area contributed by atoms with E-state index in [1.165, 1.54) is 5.56 Å². The third-order valence-electron chi connectivity index (χ3n) is 2.54. The summed E-state index contributed by atoms with van der Waals surface area (Å²) in [4.78, 5) is 4.07. The van der Waals surface area contributed by atoms with Crippen LogP contribution in [0.3, 0.4) is 0 Å². The summed E-state index contributed by atoms with van der Waals surface area (Å²) >= 11 is 6.29. The minimum atomic E-state index is 0.00729. The molecule has 0 spiro atoms. The number of pyridine rings is 1. The highest BCUT2D eigenvalue weighted by atomic mass is 35.5. The molecule has 0 bridgehead atoms. The van der Waals surface area contributed by atoms with E-state index in [9.17, 15) is 0 Å². The number of alkyl halides is 1.